The fourth-order valence-corrected chi connectivity index (χ4v) is 6.80. The summed E-state index contributed by atoms with van der Waals surface area (Å²) in [4.78, 5) is 2.38. The zero-order valence-corrected chi connectivity index (χ0v) is 25.1. The van der Waals surface area contributed by atoms with E-state index in [-0.39, 0.29) is 0 Å². The number of furan rings is 1. The lowest BCUT2D eigenvalue weighted by Gasteiger charge is -2.27. The van der Waals surface area contributed by atoms with Gasteiger partial charge < -0.3 is 9.32 Å². The van der Waals surface area contributed by atoms with Crippen molar-refractivity contribution >= 4 is 60.5 Å². The molecule has 0 spiro atoms. The first-order chi connectivity index (χ1) is 22.8. The number of rotatable bonds is 5. The number of para-hydroxylation sites is 1. The van der Waals surface area contributed by atoms with E-state index in [1.807, 2.05) is 12.1 Å². The maximum atomic E-state index is 6.26. The highest BCUT2D eigenvalue weighted by Crippen LogP contribution is 2.43. The van der Waals surface area contributed by atoms with Gasteiger partial charge in [0.05, 0.1) is 5.69 Å². The molecule has 0 atom stereocenters. The van der Waals surface area contributed by atoms with Crippen molar-refractivity contribution in [3.05, 3.63) is 176 Å². The Hall–Kier alpha value is -6.12. The van der Waals surface area contributed by atoms with Crippen molar-refractivity contribution < 1.29 is 4.42 Å². The molecule has 9 aromatic rings. The molecule has 8 aromatic carbocycles. The van der Waals surface area contributed by atoms with Crippen LogP contribution in [-0.4, -0.2) is 0 Å². The van der Waals surface area contributed by atoms with E-state index in [1.54, 1.807) is 0 Å². The lowest BCUT2D eigenvalue weighted by atomic mass is 9.99. The first kappa shape index (κ1) is 26.3. The van der Waals surface area contributed by atoms with Crippen molar-refractivity contribution in [2.24, 2.45) is 0 Å². The average Bonchev–Trinajstić information content (AvgIpc) is 3.52. The van der Waals surface area contributed by atoms with E-state index in [0.717, 1.165) is 39.0 Å². The summed E-state index contributed by atoms with van der Waals surface area (Å²) in [5.74, 6) is 0. The van der Waals surface area contributed by atoms with Crippen LogP contribution in [0.15, 0.2) is 180 Å². The van der Waals surface area contributed by atoms with E-state index in [0.29, 0.717) is 0 Å². The highest BCUT2D eigenvalue weighted by Gasteiger charge is 2.19. The van der Waals surface area contributed by atoms with Gasteiger partial charge in [-0.3, -0.25) is 0 Å². The second kappa shape index (κ2) is 10.8. The molecular weight excluding hydrogens is 558 g/mol. The molecule has 0 saturated heterocycles. The molecule has 2 nitrogen and oxygen atoms in total. The van der Waals surface area contributed by atoms with E-state index in [2.05, 4.69) is 169 Å². The number of fused-ring (bicyclic) bond motifs is 6. The van der Waals surface area contributed by atoms with Crippen LogP contribution in [0, 0.1) is 0 Å². The Balaban J connectivity index is 1.24. The normalized spacial score (nSPS) is 11.5. The molecule has 0 aliphatic heterocycles. The van der Waals surface area contributed by atoms with E-state index >= 15 is 0 Å². The Labute approximate surface area is 267 Å². The molecule has 1 aromatic heterocycles. The third kappa shape index (κ3) is 4.43. The van der Waals surface area contributed by atoms with Crippen LogP contribution in [0.5, 0.6) is 0 Å². The largest absolute Gasteiger partial charge is 0.456 e. The van der Waals surface area contributed by atoms with E-state index in [1.165, 1.54) is 43.8 Å². The average molecular weight is 588 g/mol. The van der Waals surface area contributed by atoms with E-state index in [4.69, 9.17) is 4.42 Å². The Morgan fingerprint density at radius 1 is 0.348 bits per heavy atom. The molecule has 2 heteroatoms. The second-order valence-electron chi connectivity index (χ2n) is 11.8. The van der Waals surface area contributed by atoms with Gasteiger partial charge in [-0.15, -0.1) is 0 Å². The van der Waals surface area contributed by atoms with Crippen molar-refractivity contribution in [2.45, 2.75) is 0 Å². The summed E-state index contributed by atoms with van der Waals surface area (Å²) in [6, 6.07) is 62.8. The lowest BCUT2D eigenvalue weighted by molar-refractivity contribution is 0.669. The molecule has 0 fully saturated rings. The first-order valence-corrected chi connectivity index (χ1v) is 15.7. The van der Waals surface area contributed by atoms with Gasteiger partial charge in [-0.2, -0.15) is 0 Å². The van der Waals surface area contributed by atoms with Gasteiger partial charge in [0.25, 0.3) is 0 Å². The maximum absolute atomic E-state index is 6.26. The fraction of sp³-hybridized carbons (Fsp3) is 0. The summed E-state index contributed by atoms with van der Waals surface area (Å²) in [6.07, 6.45) is 0. The van der Waals surface area contributed by atoms with Crippen LogP contribution in [0.1, 0.15) is 0 Å². The fourth-order valence-electron chi connectivity index (χ4n) is 6.80. The van der Waals surface area contributed by atoms with Crippen LogP contribution in [0.2, 0.25) is 0 Å². The number of nitrogens with zero attached hydrogens (tertiary/aromatic N) is 1. The number of anilines is 3. The summed E-state index contributed by atoms with van der Waals surface area (Å²) >= 11 is 0. The van der Waals surface area contributed by atoms with Gasteiger partial charge in [-0.25, -0.2) is 0 Å². The molecule has 0 N–H and O–H groups in total. The predicted molar refractivity (Wildman–Crippen MR) is 194 cm³/mol. The Kier molecular flexibility index (Phi) is 6.17. The van der Waals surface area contributed by atoms with Crippen molar-refractivity contribution in [1.82, 2.24) is 0 Å². The van der Waals surface area contributed by atoms with Gasteiger partial charge in [0.1, 0.15) is 11.2 Å². The molecule has 0 bridgehead atoms. The highest BCUT2D eigenvalue weighted by atomic mass is 16.3. The Bertz CT molecular complexity index is 2510. The van der Waals surface area contributed by atoms with Crippen molar-refractivity contribution in [2.75, 3.05) is 4.90 Å². The Morgan fingerprint density at radius 2 is 0.957 bits per heavy atom. The van der Waals surface area contributed by atoms with Gasteiger partial charge in [0, 0.05) is 27.5 Å². The van der Waals surface area contributed by atoms with Crippen LogP contribution in [0.25, 0.3) is 65.7 Å². The smallest absolute Gasteiger partial charge is 0.136 e. The van der Waals surface area contributed by atoms with Gasteiger partial charge in [-0.1, -0.05) is 121 Å². The lowest BCUT2D eigenvalue weighted by Crippen LogP contribution is -2.10. The minimum atomic E-state index is 0.907. The SMILES string of the molecule is c1ccc(-c2ccc(N(c3ccc4cc(-c5ccccc5)ccc4c3)c3cccc4c3ccc3oc5ccccc5c34)cc2)cc1. The van der Waals surface area contributed by atoms with Gasteiger partial charge in [0.15, 0.2) is 0 Å². The second-order valence-corrected chi connectivity index (χ2v) is 11.8. The van der Waals surface area contributed by atoms with Gasteiger partial charge in [0.2, 0.25) is 0 Å². The van der Waals surface area contributed by atoms with Crippen LogP contribution in [0.3, 0.4) is 0 Å². The van der Waals surface area contributed by atoms with Crippen LogP contribution in [0.4, 0.5) is 17.1 Å². The van der Waals surface area contributed by atoms with Crippen LogP contribution < -0.4 is 4.90 Å². The molecule has 0 amide bonds. The topological polar surface area (TPSA) is 16.4 Å². The van der Waals surface area contributed by atoms with Gasteiger partial charge >= 0.3 is 0 Å². The predicted octanol–water partition coefficient (Wildman–Crippen LogP) is 12.7. The standard InChI is InChI=1S/C44H29NO/c1-3-10-30(11-4-1)32-20-23-36(24-21-32)45(37-25-22-34-28-33(18-19-35(34)29-37)31-12-5-2-6-13-31)41-16-9-15-39-38(41)26-27-43-44(39)40-14-7-8-17-42(40)46-43/h1-29H. The molecule has 0 radical (unpaired) electrons. The summed E-state index contributed by atoms with van der Waals surface area (Å²) in [5.41, 5.74) is 10.00. The zero-order chi connectivity index (χ0) is 30.5. The highest BCUT2D eigenvalue weighted by molar-refractivity contribution is 6.21. The van der Waals surface area contributed by atoms with Gasteiger partial charge in [-0.05, 0) is 93.0 Å². The van der Waals surface area contributed by atoms with E-state index in [9.17, 15) is 0 Å². The molecule has 0 aliphatic rings. The summed E-state index contributed by atoms with van der Waals surface area (Å²) in [7, 11) is 0. The minimum Gasteiger partial charge on any atom is -0.456 e. The molecule has 0 aliphatic carbocycles. The van der Waals surface area contributed by atoms with Crippen molar-refractivity contribution in [3.63, 3.8) is 0 Å². The third-order valence-corrected chi connectivity index (χ3v) is 9.04. The minimum absolute atomic E-state index is 0.907. The number of hydrogen-bond acceptors (Lipinski definition) is 2. The summed E-state index contributed by atoms with van der Waals surface area (Å²) in [6.45, 7) is 0. The van der Waals surface area contributed by atoms with Crippen LogP contribution in [-0.2, 0) is 0 Å². The number of benzene rings is 8. The molecule has 46 heavy (non-hydrogen) atoms. The maximum Gasteiger partial charge on any atom is 0.136 e. The van der Waals surface area contributed by atoms with Crippen LogP contribution >= 0.6 is 0 Å². The third-order valence-electron chi connectivity index (χ3n) is 9.04. The molecule has 1 heterocycles. The number of hydrogen-bond donors (Lipinski definition) is 0. The monoisotopic (exact) mass is 587 g/mol. The molecular formula is C44H29NO. The Morgan fingerprint density at radius 3 is 1.76 bits per heavy atom. The molecule has 216 valence electrons. The zero-order valence-electron chi connectivity index (χ0n) is 25.1. The first-order valence-electron chi connectivity index (χ1n) is 15.7. The van der Waals surface area contributed by atoms with Crippen molar-refractivity contribution in [1.29, 1.82) is 0 Å². The van der Waals surface area contributed by atoms with Crippen molar-refractivity contribution in [3.8, 4) is 22.3 Å². The quantitative estimate of drug-likeness (QED) is 0.199. The van der Waals surface area contributed by atoms with E-state index < -0.39 is 0 Å². The molecule has 0 unspecified atom stereocenters. The summed E-state index contributed by atoms with van der Waals surface area (Å²) in [5, 5.41) is 7.06. The molecule has 9 rings (SSSR count). The molecule has 0 saturated carbocycles. The summed E-state index contributed by atoms with van der Waals surface area (Å²) < 4.78 is 6.26.